The SMILES string of the molecule is COc1ccc(-c2csc3[nH]c(=O)[nH]c(=O)c23)cc1C. The van der Waals surface area contributed by atoms with Gasteiger partial charge in [0.25, 0.3) is 5.56 Å². The molecular formula is C14H12N2O3S. The zero-order chi connectivity index (χ0) is 14.3. The first kappa shape index (κ1) is 12.7. The predicted octanol–water partition coefficient (Wildman–Crippen LogP) is 2.26. The van der Waals surface area contributed by atoms with E-state index in [9.17, 15) is 9.59 Å². The minimum atomic E-state index is -0.484. The van der Waals surface area contributed by atoms with Gasteiger partial charge in [-0.25, -0.2) is 4.79 Å². The van der Waals surface area contributed by atoms with Crippen LogP contribution < -0.4 is 16.0 Å². The average Bonchev–Trinajstić information content (AvgIpc) is 2.82. The highest BCUT2D eigenvalue weighted by Gasteiger charge is 2.12. The zero-order valence-electron chi connectivity index (χ0n) is 10.9. The molecular weight excluding hydrogens is 276 g/mol. The highest BCUT2D eigenvalue weighted by atomic mass is 32.1. The van der Waals surface area contributed by atoms with Crippen LogP contribution in [-0.2, 0) is 0 Å². The highest BCUT2D eigenvalue weighted by Crippen LogP contribution is 2.32. The first-order chi connectivity index (χ1) is 9.60. The van der Waals surface area contributed by atoms with E-state index in [1.807, 2.05) is 30.5 Å². The molecule has 0 unspecified atom stereocenters. The Labute approximate surface area is 117 Å². The number of hydrogen-bond acceptors (Lipinski definition) is 4. The number of aryl methyl sites for hydroxylation is 1. The number of nitrogens with one attached hydrogen (secondary N) is 2. The number of rotatable bonds is 2. The second kappa shape index (κ2) is 4.64. The zero-order valence-corrected chi connectivity index (χ0v) is 11.8. The van der Waals surface area contributed by atoms with Crippen molar-refractivity contribution < 1.29 is 4.74 Å². The third-order valence-electron chi connectivity index (χ3n) is 3.18. The molecule has 0 aliphatic rings. The summed E-state index contributed by atoms with van der Waals surface area (Å²) >= 11 is 1.35. The van der Waals surface area contributed by atoms with Crippen LogP contribution in [0.15, 0.2) is 33.2 Å². The first-order valence-corrected chi connectivity index (χ1v) is 6.87. The van der Waals surface area contributed by atoms with Gasteiger partial charge in [0, 0.05) is 10.9 Å². The number of ether oxygens (including phenoxy) is 1. The third-order valence-corrected chi connectivity index (χ3v) is 4.07. The van der Waals surface area contributed by atoms with Crippen LogP contribution in [0.1, 0.15) is 5.56 Å². The number of aromatic amines is 2. The van der Waals surface area contributed by atoms with E-state index >= 15 is 0 Å². The number of thiophene rings is 1. The van der Waals surface area contributed by atoms with Crippen LogP contribution in [0.4, 0.5) is 0 Å². The van der Waals surface area contributed by atoms with Crippen molar-refractivity contribution in [1.82, 2.24) is 9.97 Å². The van der Waals surface area contributed by atoms with Crippen molar-refractivity contribution in [2.75, 3.05) is 7.11 Å². The summed E-state index contributed by atoms with van der Waals surface area (Å²) in [6.07, 6.45) is 0. The minimum Gasteiger partial charge on any atom is -0.496 e. The Morgan fingerprint density at radius 1 is 1.20 bits per heavy atom. The lowest BCUT2D eigenvalue weighted by atomic mass is 10.0. The number of benzene rings is 1. The fourth-order valence-electron chi connectivity index (χ4n) is 2.23. The van der Waals surface area contributed by atoms with Gasteiger partial charge in [-0.3, -0.25) is 14.8 Å². The van der Waals surface area contributed by atoms with Crippen LogP contribution in [-0.4, -0.2) is 17.1 Å². The van der Waals surface area contributed by atoms with Crippen molar-refractivity contribution in [3.63, 3.8) is 0 Å². The molecule has 3 rings (SSSR count). The fraction of sp³-hybridized carbons (Fsp3) is 0.143. The summed E-state index contributed by atoms with van der Waals surface area (Å²) in [4.78, 5) is 28.7. The molecule has 0 saturated carbocycles. The lowest BCUT2D eigenvalue weighted by Crippen LogP contribution is -2.21. The van der Waals surface area contributed by atoms with E-state index in [2.05, 4.69) is 9.97 Å². The molecule has 2 aromatic heterocycles. The Morgan fingerprint density at radius 2 is 2.00 bits per heavy atom. The van der Waals surface area contributed by atoms with Crippen molar-refractivity contribution in [3.05, 3.63) is 50.0 Å². The number of H-pyrrole nitrogens is 2. The first-order valence-electron chi connectivity index (χ1n) is 5.99. The largest absolute Gasteiger partial charge is 0.496 e. The van der Waals surface area contributed by atoms with Crippen molar-refractivity contribution in [3.8, 4) is 16.9 Å². The normalized spacial score (nSPS) is 10.9. The smallest absolute Gasteiger partial charge is 0.326 e. The van der Waals surface area contributed by atoms with Gasteiger partial charge < -0.3 is 4.74 Å². The standard InChI is InChI=1S/C14H12N2O3S/c1-7-5-8(3-4-10(7)19-2)9-6-20-13-11(9)12(17)15-14(18)16-13/h3-6H,1-2H3,(H2,15,16,17,18). The van der Waals surface area contributed by atoms with Crippen LogP contribution in [0.25, 0.3) is 21.3 Å². The Balaban J connectivity index is 2.28. The highest BCUT2D eigenvalue weighted by molar-refractivity contribution is 7.17. The Kier molecular flexibility index (Phi) is 2.94. The third kappa shape index (κ3) is 1.94. The van der Waals surface area contributed by atoms with Crippen molar-refractivity contribution in [1.29, 1.82) is 0 Å². The maximum absolute atomic E-state index is 12.0. The van der Waals surface area contributed by atoms with Crippen LogP contribution in [0.3, 0.4) is 0 Å². The molecule has 0 aliphatic carbocycles. The van der Waals surface area contributed by atoms with E-state index in [1.54, 1.807) is 7.11 Å². The molecule has 3 aromatic rings. The van der Waals surface area contributed by atoms with Crippen LogP contribution in [0.2, 0.25) is 0 Å². The molecule has 0 fully saturated rings. The molecule has 5 nitrogen and oxygen atoms in total. The molecule has 0 bridgehead atoms. The molecule has 6 heteroatoms. The van der Waals surface area contributed by atoms with Gasteiger partial charge in [0.2, 0.25) is 0 Å². The van der Waals surface area contributed by atoms with Crippen molar-refractivity contribution in [2.24, 2.45) is 0 Å². The maximum Gasteiger partial charge on any atom is 0.326 e. The van der Waals surface area contributed by atoms with Gasteiger partial charge >= 0.3 is 5.69 Å². The van der Waals surface area contributed by atoms with E-state index in [0.717, 1.165) is 22.4 Å². The summed E-state index contributed by atoms with van der Waals surface area (Å²) in [6.45, 7) is 1.95. The van der Waals surface area contributed by atoms with Gasteiger partial charge in [0.15, 0.2) is 0 Å². The van der Waals surface area contributed by atoms with E-state index in [4.69, 9.17) is 4.74 Å². The minimum absolute atomic E-state index is 0.367. The summed E-state index contributed by atoms with van der Waals surface area (Å²) in [5.74, 6) is 0.801. The Hall–Kier alpha value is -2.34. The summed E-state index contributed by atoms with van der Waals surface area (Å²) < 4.78 is 5.23. The molecule has 2 heterocycles. The van der Waals surface area contributed by atoms with E-state index in [1.165, 1.54) is 11.3 Å². The summed E-state index contributed by atoms with van der Waals surface area (Å²) in [6, 6.07) is 5.73. The number of aromatic nitrogens is 2. The molecule has 0 spiro atoms. The molecule has 102 valence electrons. The second-order valence-electron chi connectivity index (χ2n) is 4.45. The van der Waals surface area contributed by atoms with E-state index in [-0.39, 0.29) is 5.56 Å². The van der Waals surface area contributed by atoms with Gasteiger partial charge in [-0.2, -0.15) is 0 Å². The molecule has 0 aliphatic heterocycles. The molecule has 0 saturated heterocycles. The quantitative estimate of drug-likeness (QED) is 0.759. The Bertz CT molecular complexity index is 905. The number of methoxy groups -OCH3 is 1. The Morgan fingerprint density at radius 3 is 2.70 bits per heavy atom. The van der Waals surface area contributed by atoms with Crippen LogP contribution in [0.5, 0.6) is 5.75 Å². The van der Waals surface area contributed by atoms with Crippen molar-refractivity contribution in [2.45, 2.75) is 6.92 Å². The molecule has 20 heavy (non-hydrogen) atoms. The summed E-state index contributed by atoms with van der Waals surface area (Å²) in [5, 5.41) is 2.39. The van der Waals surface area contributed by atoms with Crippen molar-refractivity contribution >= 4 is 21.6 Å². The summed E-state index contributed by atoms with van der Waals surface area (Å²) in [5.41, 5.74) is 1.88. The van der Waals surface area contributed by atoms with Gasteiger partial charge in [0.05, 0.1) is 12.5 Å². The molecule has 2 N–H and O–H groups in total. The second-order valence-corrected chi connectivity index (χ2v) is 5.33. The van der Waals surface area contributed by atoms with Crippen LogP contribution >= 0.6 is 11.3 Å². The molecule has 1 aromatic carbocycles. The maximum atomic E-state index is 12.0. The lowest BCUT2D eigenvalue weighted by Gasteiger charge is -2.06. The molecule has 0 amide bonds. The molecule has 0 atom stereocenters. The van der Waals surface area contributed by atoms with Gasteiger partial charge in [-0.1, -0.05) is 6.07 Å². The monoisotopic (exact) mass is 288 g/mol. The number of fused-ring (bicyclic) bond motifs is 1. The van der Waals surface area contributed by atoms with E-state index < -0.39 is 5.69 Å². The van der Waals surface area contributed by atoms with Gasteiger partial charge in [-0.05, 0) is 30.2 Å². The average molecular weight is 288 g/mol. The topological polar surface area (TPSA) is 75.0 Å². The lowest BCUT2D eigenvalue weighted by molar-refractivity contribution is 0.412. The summed E-state index contributed by atoms with van der Waals surface area (Å²) in [7, 11) is 1.62. The van der Waals surface area contributed by atoms with E-state index in [0.29, 0.717) is 10.2 Å². The predicted molar refractivity (Wildman–Crippen MR) is 79.8 cm³/mol. The number of hydrogen-bond donors (Lipinski definition) is 2. The fourth-order valence-corrected chi connectivity index (χ4v) is 3.20. The van der Waals surface area contributed by atoms with Crippen LogP contribution in [0, 0.1) is 6.92 Å². The van der Waals surface area contributed by atoms with Gasteiger partial charge in [-0.15, -0.1) is 11.3 Å². The van der Waals surface area contributed by atoms with Gasteiger partial charge in [0.1, 0.15) is 10.6 Å². The molecule has 0 radical (unpaired) electrons.